The fourth-order valence-corrected chi connectivity index (χ4v) is 3.02. The molecule has 0 aliphatic rings. The lowest BCUT2D eigenvalue weighted by molar-refractivity contribution is 0.589. The number of rotatable bonds is 1. The average Bonchev–Trinajstić information content (AvgIpc) is 2.71. The zero-order valence-corrected chi connectivity index (χ0v) is 13.1. The van der Waals surface area contributed by atoms with Gasteiger partial charge in [0, 0.05) is 27.8 Å². The van der Waals surface area contributed by atoms with Crippen molar-refractivity contribution in [1.29, 1.82) is 0 Å². The van der Waals surface area contributed by atoms with Crippen molar-refractivity contribution < 1.29 is 0 Å². The molecule has 0 aliphatic carbocycles. The molecule has 0 bridgehead atoms. The highest BCUT2D eigenvalue weighted by molar-refractivity contribution is 6.08. The van der Waals surface area contributed by atoms with Crippen LogP contribution >= 0.6 is 0 Å². The van der Waals surface area contributed by atoms with Crippen molar-refractivity contribution in [2.75, 3.05) is 0 Å². The predicted molar refractivity (Wildman–Crippen MR) is 88.5 cm³/mol. The number of fused-ring (bicyclic) bond motifs is 3. The first-order valence-electron chi connectivity index (χ1n) is 7.43. The van der Waals surface area contributed by atoms with E-state index in [0.29, 0.717) is 6.04 Å². The number of para-hydroxylation sites is 1. The van der Waals surface area contributed by atoms with Crippen LogP contribution in [0.25, 0.3) is 21.8 Å². The first kappa shape index (κ1) is 13.2. The second-order valence-electron chi connectivity index (χ2n) is 6.96. The molecule has 0 fully saturated rings. The fraction of sp³-hybridized carbons (Fsp3) is 0.368. The second kappa shape index (κ2) is 4.37. The molecule has 0 N–H and O–H groups in total. The summed E-state index contributed by atoms with van der Waals surface area (Å²) < 4.78 is 2.46. The third kappa shape index (κ3) is 1.93. The zero-order chi connectivity index (χ0) is 14.5. The van der Waals surface area contributed by atoms with Gasteiger partial charge >= 0.3 is 0 Å². The van der Waals surface area contributed by atoms with Crippen LogP contribution in [-0.2, 0) is 5.41 Å². The summed E-state index contributed by atoms with van der Waals surface area (Å²) >= 11 is 0. The molecule has 1 heterocycles. The summed E-state index contributed by atoms with van der Waals surface area (Å²) in [5.41, 5.74) is 4.28. The van der Waals surface area contributed by atoms with Gasteiger partial charge < -0.3 is 4.57 Å². The van der Waals surface area contributed by atoms with Gasteiger partial charge in [-0.05, 0) is 37.0 Å². The van der Waals surface area contributed by atoms with E-state index in [1.807, 2.05) is 0 Å². The minimum absolute atomic E-state index is 0.187. The smallest absolute Gasteiger partial charge is 0.0496 e. The van der Waals surface area contributed by atoms with Gasteiger partial charge in [-0.25, -0.2) is 0 Å². The summed E-state index contributed by atoms with van der Waals surface area (Å²) in [5, 5.41) is 2.72. The summed E-state index contributed by atoms with van der Waals surface area (Å²) in [6, 6.07) is 16.1. The molecule has 0 spiro atoms. The van der Waals surface area contributed by atoms with Crippen LogP contribution < -0.4 is 0 Å². The molecular formula is C19H23N. The maximum absolute atomic E-state index is 2.46. The summed E-state index contributed by atoms with van der Waals surface area (Å²) in [5.74, 6) is 0. The molecule has 0 saturated carbocycles. The molecule has 0 saturated heterocycles. The van der Waals surface area contributed by atoms with Crippen molar-refractivity contribution in [3.63, 3.8) is 0 Å². The Morgan fingerprint density at radius 1 is 0.850 bits per heavy atom. The molecule has 20 heavy (non-hydrogen) atoms. The maximum Gasteiger partial charge on any atom is 0.0496 e. The van der Waals surface area contributed by atoms with Crippen molar-refractivity contribution in [3.05, 3.63) is 48.0 Å². The number of benzene rings is 2. The Balaban J connectivity index is 2.45. The molecule has 0 aliphatic heterocycles. The second-order valence-corrected chi connectivity index (χ2v) is 6.96. The zero-order valence-electron chi connectivity index (χ0n) is 13.1. The van der Waals surface area contributed by atoms with E-state index in [-0.39, 0.29) is 5.41 Å². The first-order chi connectivity index (χ1) is 9.39. The minimum Gasteiger partial charge on any atom is -0.338 e. The van der Waals surface area contributed by atoms with Crippen LogP contribution in [0.1, 0.15) is 46.2 Å². The lowest BCUT2D eigenvalue weighted by atomic mass is 9.86. The van der Waals surface area contributed by atoms with E-state index in [0.717, 1.165) is 0 Å². The number of hydrogen-bond donors (Lipinski definition) is 0. The van der Waals surface area contributed by atoms with Crippen LogP contribution in [0.4, 0.5) is 0 Å². The third-order valence-electron chi connectivity index (χ3n) is 4.09. The number of aromatic nitrogens is 1. The summed E-state index contributed by atoms with van der Waals surface area (Å²) in [7, 11) is 0. The standard InChI is InChI=1S/C19H23N/c1-13(2)20-17-9-7-6-8-15(17)16-11-10-14(12-18(16)20)19(3,4)5/h6-13H,1-5H3. The summed E-state index contributed by atoms with van der Waals surface area (Å²) in [4.78, 5) is 0. The largest absolute Gasteiger partial charge is 0.338 e. The van der Waals surface area contributed by atoms with Crippen molar-refractivity contribution in [1.82, 2.24) is 4.57 Å². The highest BCUT2D eigenvalue weighted by atomic mass is 15.0. The summed E-state index contributed by atoms with van der Waals surface area (Å²) in [6.45, 7) is 11.3. The van der Waals surface area contributed by atoms with Gasteiger partial charge in [0.25, 0.3) is 0 Å². The molecule has 0 amide bonds. The third-order valence-corrected chi connectivity index (χ3v) is 4.09. The van der Waals surface area contributed by atoms with Crippen molar-refractivity contribution in [3.8, 4) is 0 Å². The Kier molecular flexibility index (Phi) is 2.89. The molecule has 1 heteroatoms. The highest BCUT2D eigenvalue weighted by Crippen LogP contribution is 2.34. The molecule has 104 valence electrons. The van der Waals surface area contributed by atoms with Crippen LogP contribution in [-0.4, -0.2) is 4.57 Å². The molecule has 0 unspecified atom stereocenters. The van der Waals surface area contributed by atoms with Gasteiger partial charge in [0.2, 0.25) is 0 Å². The van der Waals surface area contributed by atoms with Crippen molar-refractivity contribution >= 4 is 21.8 Å². The van der Waals surface area contributed by atoms with E-state index in [9.17, 15) is 0 Å². The Bertz CT molecular complexity index is 769. The first-order valence-corrected chi connectivity index (χ1v) is 7.43. The van der Waals surface area contributed by atoms with Gasteiger partial charge in [0.15, 0.2) is 0 Å². The average molecular weight is 265 g/mol. The van der Waals surface area contributed by atoms with E-state index in [4.69, 9.17) is 0 Å². The Morgan fingerprint density at radius 2 is 1.50 bits per heavy atom. The number of hydrogen-bond acceptors (Lipinski definition) is 0. The van der Waals surface area contributed by atoms with Gasteiger partial charge in [-0.2, -0.15) is 0 Å². The number of nitrogens with zero attached hydrogens (tertiary/aromatic N) is 1. The minimum atomic E-state index is 0.187. The molecule has 0 radical (unpaired) electrons. The van der Waals surface area contributed by atoms with E-state index in [2.05, 4.69) is 81.7 Å². The van der Waals surface area contributed by atoms with Crippen LogP contribution in [0.2, 0.25) is 0 Å². The van der Waals surface area contributed by atoms with Crippen LogP contribution in [0.15, 0.2) is 42.5 Å². The van der Waals surface area contributed by atoms with Crippen molar-refractivity contribution in [2.45, 2.75) is 46.1 Å². The van der Waals surface area contributed by atoms with Crippen LogP contribution in [0.5, 0.6) is 0 Å². The Morgan fingerprint density at radius 3 is 2.15 bits per heavy atom. The van der Waals surface area contributed by atoms with Crippen molar-refractivity contribution in [2.24, 2.45) is 0 Å². The molecule has 3 rings (SSSR count). The molecule has 1 aromatic heterocycles. The monoisotopic (exact) mass is 265 g/mol. The molecule has 3 aromatic rings. The maximum atomic E-state index is 2.46. The highest BCUT2D eigenvalue weighted by Gasteiger charge is 2.17. The molecule has 2 aromatic carbocycles. The van der Waals surface area contributed by atoms with Crippen LogP contribution in [0, 0.1) is 0 Å². The van der Waals surface area contributed by atoms with Gasteiger partial charge in [-0.3, -0.25) is 0 Å². The fourth-order valence-electron chi connectivity index (χ4n) is 3.02. The lowest BCUT2D eigenvalue weighted by Crippen LogP contribution is -2.11. The molecule has 1 nitrogen and oxygen atoms in total. The predicted octanol–water partition coefficient (Wildman–Crippen LogP) is 5.67. The van der Waals surface area contributed by atoms with Gasteiger partial charge in [-0.1, -0.05) is 51.1 Å². The van der Waals surface area contributed by atoms with E-state index >= 15 is 0 Å². The van der Waals surface area contributed by atoms with Crippen LogP contribution in [0.3, 0.4) is 0 Å². The van der Waals surface area contributed by atoms with E-state index in [1.54, 1.807) is 0 Å². The normalized spacial score (nSPS) is 12.7. The quantitative estimate of drug-likeness (QED) is 0.534. The SMILES string of the molecule is CC(C)n1c2ccccc2c2ccc(C(C)(C)C)cc21. The summed E-state index contributed by atoms with van der Waals surface area (Å²) in [6.07, 6.45) is 0. The van der Waals surface area contributed by atoms with E-state index < -0.39 is 0 Å². The molecule has 0 atom stereocenters. The van der Waals surface area contributed by atoms with Gasteiger partial charge in [-0.15, -0.1) is 0 Å². The van der Waals surface area contributed by atoms with E-state index in [1.165, 1.54) is 27.4 Å². The lowest BCUT2D eigenvalue weighted by Gasteiger charge is -2.20. The van der Waals surface area contributed by atoms with Gasteiger partial charge in [0.05, 0.1) is 0 Å². The van der Waals surface area contributed by atoms with Gasteiger partial charge in [0.1, 0.15) is 0 Å². The topological polar surface area (TPSA) is 4.93 Å². The molecular weight excluding hydrogens is 242 g/mol. The Labute approximate surface area is 121 Å². The Hall–Kier alpha value is -1.76.